The average Bonchev–Trinajstić information content (AvgIpc) is 3.26. The first-order valence-corrected chi connectivity index (χ1v) is 10.1. The standard InChI is InChI=1S/C20H20FN5O2S/c1-11(27)10-16-17-12(2)25(20(28)14-4-6-15(21)7-5-14)8-9-26(17)18(23-16)19-22-13(3)24-29-19/h4-7,12H,8-10H2,1-3H3. The molecule has 1 aromatic carbocycles. The second-order valence-corrected chi connectivity index (χ2v) is 7.88. The van der Waals surface area contributed by atoms with E-state index >= 15 is 0 Å². The van der Waals surface area contributed by atoms with Gasteiger partial charge in [0, 0.05) is 18.7 Å². The Labute approximate surface area is 171 Å². The summed E-state index contributed by atoms with van der Waals surface area (Å²) in [5.74, 6) is 0.800. The lowest BCUT2D eigenvalue weighted by atomic mass is 10.0. The van der Waals surface area contributed by atoms with Gasteiger partial charge in [0.05, 0.1) is 23.9 Å². The van der Waals surface area contributed by atoms with Gasteiger partial charge in [0.25, 0.3) is 5.91 Å². The summed E-state index contributed by atoms with van der Waals surface area (Å²) in [7, 11) is 0. The van der Waals surface area contributed by atoms with E-state index in [-0.39, 0.29) is 30.0 Å². The first-order valence-electron chi connectivity index (χ1n) is 9.31. The Balaban J connectivity index is 1.74. The number of ketones is 1. The molecule has 1 amide bonds. The lowest BCUT2D eigenvalue weighted by Crippen LogP contribution is -2.41. The summed E-state index contributed by atoms with van der Waals surface area (Å²) in [5.41, 5.74) is 1.92. The van der Waals surface area contributed by atoms with Gasteiger partial charge < -0.3 is 9.47 Å². The highest BCUT2D eigenvalue weighted by molar-refractivity contribution is 7.09. The van der Waals surface area contributed by atoms with Crippen LogP contribution >= 0.6 is 11.5 Å². The Hall–Kier alpha value is -2.94. The summed E-state index contributed by atoms with van der Waals surface area (Å²) in [4.78, 5) is 35.8. The van der Waals surface area contributed by atoms with Gasteiger partial charge in [-0.1, -0.05) is 0 Å². The molecule has 1 atom stereocenters. The van der Waals surface area contributed by atoms with E-state index in [2.05, 4.69) is 9.36 Å². The topological polar surface area (TPSA) is 81.0 Å². The van der Waals surface area contributed by atoms with Gasteiger partial charge in [-0.3, -0.25) is 9.59 Å². The highest BCUT2D eigenvalue weighted by Gasteiger charge is 2.34. The lowest BCUT2D eigenvalue weighted by molar-refractivity contribution is -0.116. The molecular weight excluding hydrogens is 393 g/mol. The number of carbonyl (C=O) groups is 2. The van der Waals surface area contributed by atoms with Gasteiger partial charge >= 0.3 is 0 Å². The van der Waals surface area contributed by atoms with Crippen LogP contribution in [-0.4, -0.2) is 42.0 Å². The molecule has 3 heterocycles. The number of Topliss-reactive ketones (excluding diaryl/α,β-unsaturated/α-hetero) is 1. The zero-order valence-electron chi connectivity index (χ0n) is 16.3. The third-order valence-corrected chi connectivity index (χ3v) is 5.80. The fraction of sp³-hybridized carbons (Fsp3) is 0.350. The molecule has 29 heavy (non-hydrogen) atoms. The molecule has 0 aliphatic carbocycles. The monoisotopic (exact) mass is 413 g/mol. The second-order valence-electron chi connectivity index (χ2n) is 7.13. The van der Waals surface area contributed by atoms with Gasteiger partial charge in [0.2, 0.25) is 0 Å². The SMILES string of the molecule is CC(=O)Cc1nc(-c2nc(C)ns2)n2c1C(C)N(C(=O)c1ccc(F)cc1)CC2. The van der Waals surface area contributed by atoms with Crippen molar-refractivity contribution in [1.29, 1.82) is 0 Å². The zero-order valence-corrected chi connectivity index (χ0v) is 17.2. The minimum atomic E-state index is -0.382. The van der Waals surface area contributed by atoms with Gasteiger partial charge in [-0.05, 0) is 56.6 Å². The molecule has 0 fully saturated rings. The maximum absolute atomic E-state index is 13.2. The molecule has 0 saturated heterocycles. The van der Waals surface area contributed by atoms with Gasteiger partial charge in [0.15, 0.2) is 10.8 Å². The predicted octanol–water partition coefficient (Wildman–Crippen LogP) is 3.20. The number of aromatic nitrogens is 4. The molecule has 1 unspecified atom stereocenters. The number of rotatable bonds is 4. The third-order valence-electron chi connectivity index (χ3n) is 5.00. The van der Waals surface area contributed by atoms with E-state index in [1.807, 2.05) is 18.4 Å². The molecule has 7 nitrogen and oxygen atoms in total. The number of fused-ring (bicyclic) bond motifs is 1. The number of halogens is 1. The van der Waals surface area contributed by atoms with Crippen molar-refractivity contribution < 1.29 is 14.0 Å². The molecular formula is C20H20FN5O2S. The van der Waals surface area contributed by atoms with Crippen molar-refractivity contribution >= 4 is 23.2 Å². The maximum atomic E-state index is 13.2. The Morgan fingerprint density at radius 1 is 1.21 bits per heavy atom. The highest BCUT2D eigenvalue weighted by Crippen LogP contribution is 2.34. The largest absolute Gasteiger partial charge is 0.329 e. The molecule has 1 aliphatic heterocycles. The molecule has 0 radical (unpaired) electrons. The van der Waals surface area contributed by atoms with Gasteiger partial charge in [-0.15, -0.1) is 0 Å². The number of amides is 1. The van der Waals surface area contributed by atoms with Crippen LogP contribution in [0.3, 0.4) is 0 Å². The third kappa shape index (κ3) is 3.57. The van der Waals surface area contributed by atoms with E-state index in [0.29, 0.717) is 41.0 Å². The van der Waals surface area contributed by atoms with Crippen molar-refractivity contribution in [3.8, 4) is 10.8 Å². The van der Waals surface area contributed by atoms with E-state index in [1.54, 1.807) is 4.90 Å². The van der Waals surface area contributed by atoms with Crippen molar-refractivity contribution in [3.05, 3.63) is 52.9 Å². The Morgan fingerprint density at radius 3 is 2.55 bits per heavy atom. The van der Waals surface area contributed by atoms with Crippen LogP contribution in [0.5, 0.6) is 0 Å². The van der Waals surface area contributed by atoms with Crippen LogP contribution in [0.2, 0.25) is 0 Å². The van der Waals surface area contributed by atoms with Crippen LogP contribution in [0.1, 0.15) is 47.5 Å². The number of carbonyl (C=O) groups excluding carboxylic acids is 2. The summed E-state index contributed by atoms with van der Waals surface area (Å²) in [5, 5.41) is 0.698. The first kappa shape index (κ1) is 19.4. The molecule has 3 aromatic rings. The van der Waals surface area contributed by atoms with Crippen LogP contribution in [0.15, 0.2) is 24.3 Å². The number of imidazole rings is 1. The Kier molecular flexibility index (Phi) is 4.99. The molecule has 0 bridgehead atoms. The van der Waals surface area contributed by atoms with Crippen LogP contribution in [0.25, 0.3) is 10.8 Å². The van der Waals surface area contributed by atoms with E-state index in [1.165, 1.54) is 42.7 Å². The summed E-state index contributed by atoms with van der Waals surface area (Å²) in [6.45, 7) is 6.28. The number of hydrogen-bond donors (Lipinski definition) is 0. The van der Waals surface area contributed by atoms with Crippen molar-refractivity contribution in [3.63, 3.8) is 0 Å². The van der Waals surface area contributed by atoms with E-state index < -0.39 is 0 Å². The van der Waals surface area contributed by atoms with Crippen LogP contribution < -0.4 is 0 Å². The Morgan fingerprint density at radius 2 is 1.93 bits per heavy atom. The average molecular weight is 413 g/mol. The molecule has 2 aromatic heterocycles. The molecule has 0 spiro atoms. The maximum Gasteiger partial charge on any atom is 0.254 e. The highest BCUT2D eigenvalue weighted by atomic mass is 32.1. The minimum Gasteiger partial charge on any atom is -0.329 e. The van der Waals surface area contributed by atoms with Crippen molar-refractivity contribution in [2.75, 3.05) is 6.54 Å². The van der Waals surface area contributed by atoms with E-state index in [9.17, 15) is 14.0 Å². The second kappa shape index (κ2) is 7.47. The molecule has 9 heteroatoms. The fourth-order valence-corrected chi connectivity index (χ4v) is 4.38. The quantitative estimate of drug-likeness (QED) is 0.656. The van der Waals surface area contributed by atoms with Crippen LogP contribution in [-0.2, 0) is 17.8 Å². The summed E-state index contributed by atoms with van der Waals surface area (Å²) in [6, 6.07) is 5.25. The lowest BCUT2D eigenvalue weighted by Gasteiger charge is -2.35. The van der Waals surface area contributed by atoms with Crippen LogP contribution in [0, 0.1) is 12.7 Å². The van der Waals surface area contributed by atoms with Gasteiger partial charge in [-0.2, -0.15) is 4.37 Å². The molecule has 0 saturated carbocycles. The molecule has 4 rings (SSSR count). The fourth-order valence-electron chi connectivity index (χ4n) is 3.71. The molecule has 0 N–H and O–H groups in total. The van der Waals surface area contributed by atoms with Crippen molar-refractivity contribution in [2.45, 2.75) is 39.8 Å². The Bertz CT molecular complexity index is 1090. The number of nitrogens with zero attached hydrogens (tertiary/aromatic N) is 5. The summed E-state index contributed by atoms with van der Waals surface area (Å²) >= 11 is 1.27. The van der Waals surface area contributed by atoms with E-state index in [0.717, 1.165) is 5.69 Å². The van der Waals surface area contributed by atoms with Gasteiger partial charge in [-0.25, -0.2) is 14.4 Å². The number of hydrogen-bond acceptors (Lipinski definition) is 6. The number of aryl methyl sites for hydroxylation is 1. The van der Waals surface area contributed by atoms with E-state index in [4.69, 9.17) is 4.98 Å². The first-order chi connectivity index (χ1) is 13.8. The smallest absolute Gasteiger partial charge is 0.254 e. The van der Waals surface area contributed by atoms with Crippen molar-refractivity contribution in [2.24, 2.45) is 0 Å². The predicted molar refractivity (Wildman–Crippen MR) is 106 cm³/mol. The van der Waals surface area contributed by atoms with Crippen molar-refractivity contribution in [1.82, 2.24) is 23.8 Å². The zero-order chi connectivity index (χ0) is 20.7. The molecule has 150 valence electrons. The summed E-state index contributed by atoms with van der Waals surface area (Å²) in [6.07, 6.45) is 0.191. The molecule has 1 aliphatic rings. The summed E-state index contributed by atoms with van der Waals surface area (Å²) < 4.78 is 19.5. The van der Waals surface area contributed by atoms with Crippen LogP contribution in [0.4, 0.5) is 4.39 Å². The van der Waals surface area contributed by atoms with Gasteiger partial charge in [0.1, 0.15) is 17.4 Å². The minimum absolute atomic E-state index is 0.0000731. The number of benzene rings is 1. The normalized spacial score (nSPS) is 16.0.